The van der Waals surface area contributed by atoms with E-state index in [0.29, 0.717) is 0 Å². The van der Waals surface area contributed by atoms with Crippen molar-refractivity contribution in [2.45, 2.75) is 19.8 Å². The Morgan fingerprint density at radius 2 is 1.88 bits per heavy atom. The summed E-state index contributed by atoms with van der Waals surface area (Å²) in [5, 5.41) is 1.01. The highest BCUT2D eigenvalue weighted by Gasteiger charge is 2.03. The van der Waals surface area contributed by atoms with Crippen LogP contribution in [0.1, 0.15) is 19.8 Å². The lowest BCUT2D eigenvalue weighted by Crippen LogP contribution is -1.93. The third-order valence-corrected chi connectivity index (χ3v) is 4.03. The summed E-state index contributed by atoms with van der Waals surface area (Å²) in [6, 6.07) is 12.5. The number of ether oxygens (including phenoxy) is 1. The second kappa shape index (κ2) is 6.22. The van der Waals surface area contributed by atoms with Gasteiger partial charge in [-0.2, -0.15) is 0 Å². The van der Waals surface area contributed by atoms with Crippen LogP contribution in [0.5, 0.6) is 5.06 Å². The molecule has 2 aromatic rings. The van der Waals surface area contributed by atoms with Gasteiger partial charge in [-0.15, -0.1) is 0 Å². The van der Waals surface area contributed by atoms with E-state index in [1.165, 1.54) is 16.9 Å². The summed E-state index contributed by atoms with van der Waals surface area (Å²) in [7, 11) is 0. The highest BCUT2D eigenvalue weighted by atomic mass is 79.9. The molecule has 0 bridgehead atoms. The van der Waals surface area contributed by atoms with E-state index in [-0.39, 0.29) is 0 Å². The molecular weight excluding hydrogens is 296 g/mol. The molecule has 0 aliphatic heterocycles. The van der Waals surface area contributed by atoms with Gasteiger partial charge in [-0.25, -0.2) is 0 Å². The Balaban J connectivity index is 2.04. The highest BCUT2D eigenvalue weighted by Crippen LogP contribution is 2.33. The number of rotatable bonds is 5. The molecule has 0 radical (unpaired) electrons. The minimum absolute atomic E-state index is 0.816. The van der Waals surface area contributed by atoms with Crippen molar-refractivity contribution in [2.24, 2.45) is 0 Å². The first-order valence-electron chi connectivity index (χ1n) is 5.78. The number of hydrogen-bond acceptors (Lipinski definition) is 2. The van der Waals surface area contributed by atoms with E-state index in [4.69, 9.17) is 4.74 Å². The van der Waals surface area contributed by atoms with Gasteiger partial charge in [0.05, 0.1) is 6.61 Å². The highest BCUT2D eigenvalue weighted by molar-refractivity contribution is 9.10. The molecule has 0 atom stereocenters. The van der Waals surface area contributed by atoms with Crippen molar-refractivity contribution < 1.29 is 4.74 Å². The van der Waals surface area contributed by atoms with Crippen LogP contribution in [-0.4, -0.2) is 6.61 Å². The molecule has 0 fully saturated rings. The molecule has 0 spiro atoms. The predicted molar refractivity (Wildman–Crippen MR) is 77.9 cm³/mol. The number of thiophene rings is 1. The van der Waals surface area contributed by atoms with Crippen LogP contribution in [0.15, 0.2) is 40.9 Å². The van der Waals surface area contributed by atoms with Crippen molar-refractivity contribution in [1.29, 1.82) is 0 Å². The van der Waals surface area contributed by atoms with Crippen LogP contribution in [0, 0.1) is 0 Å². The molecule has 0 unspecified atom stereocenters. The zero-order chi connectivity index (χ0) is 12.1. The fourth-order valence-electron chi connectivity index (χ4n) is 1.48. The molecule has 3 heteroatoms. The number of hydrogen-bond donors (Lipinski definition) is 0. The van der Waals surface area contributed by atoms with Gasteiger partial charge in [0.1, 0.15) is 0 Å². The van der Waals surface area contributed by atoms with Gasteiger partial charge in [-0.05, 0) is 36.2 Å². The predicted octanol–water partition coefficient (Wildman–Crippen LogP) is 5.36. The summed E-state index contributed by atoms with van der Waals surface area (Å²) in [6.45, 7) is 2.99. The Kier molecular flexibility index (Phi) is 4.63. The van der Waals surface area contributed by atoms with Crippen LogP contribution >= 0.6 is 27.3 Å². The molecule has 0 amide bonds. The lowest BCUT2D eigenvalue weighted by atomic mass is 10.2. The lowest BCUT2D eigenvalue weighted by Gasteiger charge is -2.00. The quantitative estimate of drug-likeness (QED) is 0.676. The van der Waals surface area contributed by atoms with Crippen molar-refractivity contribution in [2.75, 3.05) is 6.61 Å². The van der Waals surface area contributed by atoms with E-state index >= 15 is 0 Å². The minimum Gasteiger partial charge on any atom is -0.484 e. The minimum atomic E-state index is 0.816. The van der Waals surface area contributed by atoms with E-state index in [0.717, 1.165) is 22.6 Å². The van der Waals surface area contributed by atoms with E-state index in [9.17, 15) is 0 Å². The van der Waals surface area contributed by atoms with E-state index in [1.54, 1.807) is 11.3 Å². The molecule has 1 aromatic heterocycles. The Hall–Kier alpha value is -0.800. The molecule has 1 aromatic carbocycles. The Morgan fingerprint density at radius 1 is 1.12 bits per heavy atom. The molecule has 1 heterocycles. The first kappa shape index (κ1) is 12.7. The average molecular weight is 311 g/mol. The Morgan fingerprint density at radius 3 is 2.59 bits per heavy atom. The van der Waals surface area contributed by atoms with Gasteiger partial charge in [0, 0.05) is 9.35 Å². The summed E-state index contributed by atoms with van der Waals surface area (Å²) in [4.78, 5) is 1.25. The molecular formula is C14H15BrOS. The van der Waals surface area contributed by atoms with Crippen LogP contribution in [-0.2, 0) is 0 Å². The van der Waals surface area contributed by atoms with Gasteiger partial charge < -0.3 is 4.74 Å². The fraction of sp³-hybridized carbons (Fsp3) is 0.286. The third-order valence-electron chi connectivity index (χ3n) is 2.45. The molecule has 0 aliphatic rings. The zero-order valence-electron chi connectivity index (χ0n) is 9.78. The van der Waals surface area contributed by atoms with Crippen LogP contribution < -0.4 is 4.74 Å². The van der Waals surface area contributed by atoms with Crippen LogP contribution in [0.4, 0.5) is 0 Å². The summed E-state index contributed by atoms with van der Waals surface area (Å²) in [5.74, 6) is 0. The molecule has 17 heavy (non-hydrogen) atoms. The lowest BCUT2D eigenvalue weighted by molar-refractivity contribution is 0.318. The molecule has 2 rings (SSSR count). The normalized spacial score (nSPS) is 10.5. The monoisotopic (exact) mass is 310 g/mol. The van der Waals surface area contributed by atoms with E-state index < -0.39 is 0 Å². The topological polar surface area (TPSA) is 9.23 Å². The second-order valence-electron chi connectivity index (χ2n) is 3.83. The fourth-order valence-corrected chi connectivity index (χ4v) is 2.63. The SMILES string of the molecule is CCCCOc1ccc(-c2ccc(Br)cc2)s1. The summed E-state index contributed by atoms with van der Waals surface area (Å²) in [5.41, 5.74) is 1.24. The molecule has 90 valence electrons. The van der Waals surface area contributed by atoms with Crippen LogP contribution in [0.3, 0.4) is 0 Å². The Labute approximate surface area is 115 Å². The van der Waals surface area contributed by atoms with Crippen molar-refractivity contribution in [1.82, 2.24) is 0 Å². The largest absolute Gasteiger partial charge is 0.484 e. The summed E-state index contributed by atoms with van der Waals surface area (Å²) >= 11 is 5.15. The molecule has 0 N–H and O–H groups in total. The van der Waals surface area contributed by atoms with E-state index in [1.807, 2.05) is 0 Å². The average Bonchev–Trinajstić information content (AvgIpc) is 2.79. The molecule has 0 saturated heterocycles. The van der Waals surface area contributed by atoms with Crippen molar-refractivity contribution in [3.63, 3.8) is 0 Å². The first-order chi connectivity index (χ1) is 8.29. The first-order valence-corrected chi connectivity index (χ1v) is 7.39. The van der Waals surface area contributed by atoms with Crippen LogP contribution in [0.25, 0.3) is 10.4 Å². The van der Waals surface area contributed by atoms with Crippen molar-refractivity contribution >= 4 is 27.3 Å². The number of unbranched alkanes of at least 4 members (excludes halogenated alkanes) is 1. The molecule has 0 saturated carbocycles. The van der Waals surface area contributed by atoms with Gasteiger partial charge in [-0.1, -0.05) is 52.7 Å². The number of halogens is 1. The third kappa shape index (κ3) is 3.58. The zero-order valence-corrected chi connectivity index (χ0v) is 12.2. The van der Waals surface area contributed by atoms with Gasteiger partial charge in [0.15, 0.2) is 5.06 Å². The van der Waals surface area contributed by atoms with Gasteiger partial charge in [0.25, 0.3) is 0 Å². The van der Waals surface area contributed by atoms with Crippen LogP contribution in [0.2, 0.25) is 0 Å². The molecule has 1 nitrogen and oxygen atoms in total. The number of benzene rings is 1. The maximum Gasteiger partial charge on any atom is 0.174 e. The van der Waals surface area contributed by atoms with Crippen molar-refractivity contribution in [3.8, 4) is 15.5 Å². The summed E-state index contributed by atoms with van der Waals surface area (Å²) in [6.07, 6.45) is 2.29. The summed E-state index contributed by atoms with van der Waals surface area (Å²) < 4.78 is 6.79. The Bertz CT molecular complexity index is 461. The molecule has 0 aliphatic carbocycles. The van der Waals surface area contributed by atoms with E-state index in [2.05, 4.69) is 59.3 Å². The van der Waals surface area contributed by atoms with Crippen molar-refractivity contribution in [3.05, 3.63) is 40.9 Å². The van der Waals surface area contributed by atoms with Gasteiger partial charge in [0.2, 0.25) is 0 Å². The van der Waals surface area contributed by atoms with Gasteiger partial charge in [-0.3, -0.25) is 0 Å². The second-order valence-corrected chi connectivity index (χ2v) is 5.79. The maximum atomic E-state index is 5.68. The maximum absolute atomic E-state index is 5.68. The van der Waals surface area contributed by atoms with Gasteiger partial charge >= 0.3 is 0 Å². The standard InChI is InChI=1S/C14H15BrOS/c1-2-3-10-16-14-9-8-13(17-14)11-4-6-12(15)7-5-11/h4-9H,2-3,10H2,1H3. The smallest absolute Gasteiger partial charge is 0.174 e.